The fourth-order valence-electron chi connectivity index (χ4n) is 4.15. The number of aromatic nitrogens is 2. The molecule has 0 radical (unpaired) electrons. The zero-order chi connectivity index (χ0) is 27.9. The van der Waals surface area contributed by atoms with Crippen molar-refractivity contribution in [2.24, 2.45) is 5.10 Å². The number of nitrogens with zero attached hydrogens (tertiary/aromatic N) is 4. The highest BCUT2D eigenvalue weighted by Crippen LogP contribution is 2.39. The second kappa shape index (κ2) is 13.1. The number of hydrazone groups is 1. The van der Waals surface area contributed by atoms with E-state index in [0.29, 0.717) is 17.1 Å². The maximum absolute atomic E-state index is 13.4. The number of amidine groups is 1. The first-order valence-electron chi connectivity index (χ1n) is 12.6. The Morgan fingerprint density at radius 1 is 0.974 bits per heavy atom. The maximum Gasteiger partial charge on any atom is 0.280 e. The van der Waals surface area contributed by atoms with E-state index in [1.165, 1.54) is 23.0 Å². The van der Waals surface area contributed by atoms with Crippen LogP contribution in [0.3, 0.4) is 0 Å². The summed E-state index contributed by atoms with van der Waals surface area (Å²) >= 11 is 18.7. The molecular formula is C27H27Cl3N6O3. The zero-order valence-electron chi connectivity index (χ0n) is 21.2. The van der Waals surface area contributed by atoms with Crippen LogP contribution in [0.1, 0.15) is 61.8 Å². The van der Waals surface area contributed by atoms with Crippen LogP contribution < -0.4 is 15.6 Å². The summed E-state index contributed by atoms with van der Waals surface area (Å²) in [5.74, 6) is -1.14. The van der Waals surface area contributed by atoms with E-state index >= 15 is 0 Å². The highest BCUT2D eigenvalue weighted by Gasteiger charge is 2.41. The van der Waals surface area contributed by atoms with Gasteiger partial charge in [0.2, 0.25) is 5.91 Å². The van der Waals surface area contributed by atoms with Crippen molar-refractivity contribution in [3.63, 3.8) is 0 Å². The lowest BCUT2D eigenvalue weighted by molar-refractivity contribution is -0.119. The van der Waals surface area contributed by atoms with E-state index in [2.05, 4.69) is 27.8 Å². The quantitative estimate of drug-likeness (QED) is 0.264. The van der Waals surface area contributed by atoms with Crippen molar-refractivity contribution >= 4 is 69.7 Å². The van der Waals surface area contributed by atoms with Crippen LogP contribution in [-0.4, -0.2) is 33.3 Å². The van der Waals surface area contributed by atoms with Gasteiger partial charge < -0.3 is 10.6 Å². The standard InChI is InChI=1S/C27H27Cl3N6O3/c1-2-3-4-5-6-11-22(37)32-19-10-7-9-17(14-19)26(38)33-25-24(35-13-8-12-31-35)27(39)36(34-25)23-20(29)15-18(28)16-21(23)30/h7-10,12-16,24H,2-6,11H2,1H3,(H,32,37)(H,33,34,38). The van der Waals surface area contributed by atoms with Gasteiger partial charge in [0.1, 0.15) is 5.69 Å². The van der Waals surface area contributed by atoms with Gasteiger partial charge in [-0.3, -0.25) is 19.1 Å². The second-order valence-corrected chi connectivity index (χ2v) is 10.2. The van der Waals surface area contributed by atoms with E-state index < -0.39 is 17.9 Å². The van der Waals surface area contributed by atoms with Gasteiger partial charge in [0, 0.05) is 35.1 Å². The van der Waals surface area contributed by atoms with E-state index in [0.717, 1.165) is 37.1 Å². The fraction of sp³-hybridized carbons (Fsp3) is 0.296. The molecule has 12 heteroatoms. The number of nitrogens with one attached hydrogen (secondary N) is 2. The van der Waals surface area contributed by atoms with E-state index in [9.17, 15) is 14.4 Å². The molecule has 0 bridgehead atoms. The Morgan fingerprint density at radius 3 is 2.41 bits per heavy atom. The normalized spacial score (nSPS) is 14.9. The van der Waals surface area contributed by atoms with Crippen molar-refractivity contribution in [2.75, 3.05) is 10.3 Å². The molecule has 1 unspecified atom stereocenters. The molecule has 0 saturated heterocycles. The van der Waals surface area contributed by atoms with Gasteiger partial charge in [-0.25, -0.2) is 0 Å². The Hall–Kier alpha value is -3.40. The Kier molecular flexibility index (Phi) is 9.61. The van der Waals surface area contributed by atoms with Crippen molar-refractivity contribution in [1.29, 1.82) is 0 Å². The largest absolute Gasteiger partial charge is 0.326 e. The SMILES string of the molecule is CCCCCCCC(=O)Nc1cccc(C(=O)NC2=NN(c3c(Cl)cc(Cl)cc3Cl)C(=O)C2n2cccn2)c1. The lowest BCUT2D eigenvalue weighted by atomic mass is 10.1. The molecule has 4 rings (SSSR count). The Labute approximate surface area is 241 Å². The van der Waals surface area contributed by atoms with Crippen LogP contribution >= 0.6 is 34.8 Å². The fourth-order valence-corrected chi connectivity index (χ4v) is 5.12. The van der Waals surface area contributed by atoms with Crippen molar-refractivity contribution in [3.05, 3.63) is 75.5 Å². The number of amides is 3. The number of carbonyl (C=O) groups excluding carboxylic acids is 3. The maximum atomic E-state index is 13.4. The first kappa shape index (κ1) is 28.6. The third-order valence-electron chi connectivity index (χ3n) is 6.05. The summed E-state index contributed by atoms with van der Waals surface area (Å²) in [5, 5.41) is 15.6. The van der Waals surface area contributed by atoms with Gasteiger partial charge >= 0.3 is 0 Å². The third kappa shape index (κ3) is 6.98. The number of halogens is 3. The van der Waals surface area contributed by atoms with Gasteiger partial charge in [-0.05, 0) is 42.8 Å². The molecule has 1 aromatic heterocycles. The molecule has 0 spiro atoms. The molecule has 0 aliphatic carbocycles. The van der Waals surface area contributed by atoms with Gasteiger partial charge in [-0.1, -0.05) is 73.5 Å². The zero-order valence-corrected chi connectivity index (χ0v) is 23.4. The smallest absolute Gasteiger partial charge is 0.280 e. The molecule has 3 aromatic rings. The van der Waals surface area contributed by atoms with Crippen LogP contribution in [0.25, 0.3) is 0 Å². The average molecular weight is 590 g/mol. The molecule has 39 heavy (non-hydrogen) atoms. The predicted octanol–water partition coefficient (Wildman–Crippen LogP) is 6.47. The lowest BCUT2D eigenvalue weighted by Crippen LogP contribution is -2.38. The van der Waals surface area contributed by atoms with Crippen LogP contribution in [-0.2, 0) is 9.59 Å². The first-order chi connectivity index (χ1) is 18.8. The molecule has 1 atom stereocenters. The summed E-state index contributed by atoms with van der Waals surface area (Å²) < 4.78 is 1.37. The number of hydrogen-bond acceptors (Lipinski definition) is 5. The lowest BCUT2D eigenvalue weighted by Gasteiger charge is -2.17. The molecule has 2 heterocycles. The molecule has 0 fully saturated rings. The third-order valence-corrected chi connectivity index (χ3v) is 6.84. The number of unbranched alkanes of at least 4 members (excludes halogenated alkanes) is 4. The number of benzene rings is 2. The first-order valence-corrected chi connectivity index (χ1v) is 13.7. The molecule has 2 N–H and O–H groups in total. The molecular weight excluding hydrogens is 563 g/mol. The van der Waals surface area contributed by atoms with Crippen LogP contribution in [0.2, 0.25) is 15.1 Å². The monoisotopic (exact) mass is 588 g/mol. The van der Waals surface area contributed by atoms with Crippen molar-refractivity contribution in [3.8, 4) is 0 Å². The minimum atomic E-state index is -1.07. The van der Waals surface area contributed by atoms with Crippen molar-refractivity contribution in [2.45, 2.75) is 51.5 Å². The molecule has 0 saturated carbocycles. The molecule has 1 aliphatic rings. The van der Waals surface area contributed by atoms with Crippen molar-refractivity contribution < 1.29 is 14.4 Å². The summed E-state index contributed by atoms with van der Waals surface area (Å²) in [6.07, 6.45) is 8.73. The van der Waals surface area contributed by atoms with Crippen molar-refractivity contribution in [1.82, 2.24) is 15.1 Å². The van der Waals surface area contributed by atoms with E-state index in [1.807, 2.05) is 0 Å². The Balaban J connectivity index is 1.52. The predicted molar refractivity (Wildman–Crippen MR) is 154 cm³/mol. The van der Waals surface area contributed by atoms with Gasteiger partial charge in [0.15, 0.2) is 11.9 Å². The highest BCUT2D eigenvalue weighted by atomic mass is 35.5. The number of anilines is 2. The Morgan fingerprint density at radius 2 is 1.72 bits per heavy atom. The Bertz CT molecular complexity index is 1370. The van der Waals surface area contributed by atoms with Crippen LogP contribution in [0, 0.1) is 0 Å². The molecule has 2 aromatic carbocycles. The topological polar surface area (TPSA) is 109 Å². The number of hydrogen-bond donors (Lipinski definition) is 2. The van der Waals surface area contributed by atoms with E-state index in [-0.39, 0.29) is 33.0 Å². The van der Waals surface area contributed by atoms with E-state index in [4.69, 9.17) is 34.8 Å². The molecule has 3 amide bonds. The number of carbonyl (C=O) groups is 3. The van der Waals surface area contributed by atoms with Crippen LogP contribution in [0.4, 0.5) is 11.4 Å². The second-order valence-electron chi connectivity index (χ2n) is 8.99. The van der Waals surface area contributed by atoms with E-state index in [1.54, 1.807) is 36.5 Å². The summed E-state index contributed by atoms with van der Waals surface area (Å²) in [6, 6.07) is 10.0. The summed E-state index contributed by atoms with van der Waals surface area (Å²) in [5.41, 5.74) is 0.898. The van der Waals surface area contributed by atoms with Crippen LogP contribution in [0.15, 0.2) is 60.0 Å². The summed E-state index contributed by atoms with van der Waals surface area (Å²) in [4.78, 5) is 39.0. The summed E-state index contributed by atoms with van der Waals surface area (Å²) in [7, 11) is 0. The molecule has 204 valence electrons. The number of rotatable bonds is 10. The minimum absolute atomic E-state index is 0.0253. The molecule has 1 aliphatic heterocycles. The van der Waals surface area contributed by atoms with Gasteiger partial charge in [-0.15, -0.1) is 5.10 Å². The van der Waals surface area contributed by atoms with Gasteiger partial charge in [-0.2, -0.15) is 10.1 Å². The minimum Gasteiger partial charge on any atom is -0.326 e. The molecule has 9 nitrogen and oxygen atoms in total. The van der Waals surface area contributed by atoms with Crippen LogP contribution in [0.5, 0.6) is 0 Å². The van der Waals surface area contributed by atoms with Gasteiger partial charge in [0.05, 0.1) is 10.0 Å². The highest BCUT2D eigenvalue weighted by molar-refractivity contribution is 6.43. The average Bonchev–Trinajstić information content (AvgIpc) is 3.51. The summed E-state index contributed by atoms with van der Waals surface area (Å²) in [6.45, 7) is 2.14. The van der Waals surface area contributed by atoms with Gasteiger partial charge in [0.25, 0.3) is 11.8 Å².